The van der Waals surface area contributed by atoms with Gasteiger partial charge < -0.3 is 5.32 Å². The molecule has 0 radical (unpaired) electrons. The second kappa shape index (κ2) is 6.03. The Balaban J connectivity index is 2.83. The fourth-order valence-corrected chi connectivity index (χ4v) is 1.90. The van der Waals surface area contributed by atoms with E-state index in [-0.39, 0.29) is 0 Å². The molecule has 0 spiro atoms. The molecule has 0 aliphatic carbocycles. The van der Waals surface area contributed by atoms with Crippen LogP contribution in [0.25, 0.3) is 0 Å². The highest BCUT2D eigenvalue weighted by Crippen LogP contribution is 2.21. The molecule has 1 atom stereocenters. The topological polar surface area (TPSA) is 24.9 Å². The monoisotopic (exact) mass is 268 g/mol. The molecule has 1 unspecified atom stereocenters. The van der Waals surface area contributed by atoms with Crippen LogP contribution in [0.15, 0.2) is 35.1 Å². The van der Waals surface area contributed by atoms with E-state index in [9.17, 15) is 0 Å². The Hall–Kier alpha value is -0.670. The number of hydrogen-bond donors (Lipinski definition) is 1. The first-order valence-corrected chi connectivity index (χ1v) is 5.91. The zero-order chi connectivity index (χ0) is 11.3. The number of hydrogen-bond acceptors (Lipinski definition) is 2. The molecule has 1 heterocycles. The minimum absolute atomic E-state index is 0.317. The van der Waals surface area contributed by atoms with Gasteiger partial charge in [-0.05, 0) is 47.4 Å². The SMILES string of the molecule is C=C(C)CC(NCC)c1cncc(Br)c1. The van der Waals surface area contributed by atoms with Crippen molar-refractivity contribution < 1.29 is 0 Å². The normalized spacial score (nSPS) is 12.5. The third-order valence-corrected chi connectivity index (χ3v) is 2.57. The van der Waals surface area contributed by atoms with E-state index in [0.717, 1.165) is 17.4 Å². The predicted molar refractivity (Wildman–Crippen MR) is 67.8 cm³/mol. The Bertz CT molecular complexity index is 336. The summed E-state index contributed by atoms with van der Waals surface area (Å²) in [5.41, 5.74) is 2.38. The summed E-state index contributed by atoms with van der Waals surface area (Å²) >= 11 is 3.44. The summed E-state index contributed by atoms with van der Waals surface area (Å²) in [6.45, 7) is 9.06. The summed E-state index contributed by atoms with van der Waals surface area (Å²) in [6, 6.07) is 2.42. The van der Waals surface area contributed by atoms with E-state index in [4.69, 9.17) is 0 Å². The summed E-state index contributed by atoms with van der Waals surface area (Å²) in [7, 11) is 0. The Labute approximate surface area is 99.9 Å². The minimum Gasteiger partial charge on any atom is -0.310 e. The molecule has 0 aliphatic heterocycles. The fraction of sp³-hybridized carbons (Fsp3) is 0.417. The molecule has 15 heavy (non-hydrogen) atoms. The van der Waals surface area contributed by atoms with Gasteiger partial charge in [-0.15, -0.1) is 6.58 Å². The van der Waals surface area contributed by atoms with Crippen LogP contribution >= 0.6 is 15.9 Å². The third kappa shape index (κ3) is 4.14. The Kier molecular flexibility index (Phi) is 4.99. The van der Waals surface area contributed by atoms with Crippen molar-refractivity contribution in [2.75, 3.05) is 6.54 Å². The molecule has 0 amide bonds. The molecule has 0 saturated heterocycles. The quantitative estimate of drug-likeness (QED) is 0.828. The molecule has 3 heteroatoms. The number of aromatic nitrogens is 1. The van der Waals surface area contributed by atoms with Gasteiger partial charge in [0, 0.05) is 22.9 Å². The second-order valence-corrected chi connectivity index (χ2v) is 4.62. The number of halogens is 1. The molecule has 0 saturated carbocycles. The first-order valence-electron chi connectivity index (χ1n) is 5.11. The molecule has 1 aromatic heterocycles. The van der Waals surface area contributed by atoms with Crippen molar-refractivity contribution in [3.8, 4) is 0 Å². The van der Waals surface area contributed by atoms with Crippen molar-refractivity contribution in [3.05, 3.63) is 40.6 Å². The van der Waals surface area contributed by atoms with E-state index in [1.165, 1.54) is 11.1 Å². The van der Waals surface area contributed by atoms with E-state index in [1.807, 2.05) is 6.20 Å². The first-order chi connectivity index (χ1) is 7.13. The molecular weight excluding hydrogens is 252 g/mol. The summed E-state index contributed by atoms with van der Waals surface area (Å²) in [5.74, 6) is 0. The molecule has 0 fully saturated rings. The summed E-state index contributed by atoms with van der Waals surface area (Å²) in [4.78, 5) is 4.18. The van der Waals surface area contributed by atoms with Crippen molar-refractivity contribution in [3.63, 3.8) is 0 Å². The van der Waals surface area contributed by atoms with E-state index in [2.05, 4.69) is 52.7 Å². The van der Waals surface area contributed by atoms with Gasteiger partial charge in [-0.25, -0.2) is 0 Å². The van der Waals surface area contributed by atoms with Crippen LogP contribution in [-0.2, 0) is 0 Å². The number of pyridine rings is 1. The van der Waals surface area contributed by atoms with E-state index in [1.54, 1.807) is 6.20 Å². The van der Waals surface area contributed by atoms with Crippen LogP contribution in [0.2, 0.25) is 0 Å². The van der Waals surface area contributed by atoms with Gasteiger partial charge in [0.15, 0.2) is 0 Å². The molecule has 82 valence electrons. The predicted octanol–water partition coefficient (Wildman–Crippen LogP) is 3.46. The molecule has 0 bridgehead atoms. The molecule has 1 aromatic rings. The summed E-state index contributed by atoms with van der Waals surface area (Å²) < 4.78 is 1.02. The third-order valence-electron chi connectivity index (χ3n) is 2.13. The van der Waals surface area contributed by atoms with Gasteiger partial charge in [-0.1, -0.05) is 12.5 Å². The van der Waals surface area contributed by atoms with Crippen molar-refractivity contribution >= 4 is 15.9 Å². The van der Waals surface area contributed by atoms with Gasteiger partial charge in [0.1, 0.15) is 0 Å². The van der Waals surface area contributed by atoms with Gasteiger partial charge in [-0.3, -0.25) is 4.98 Å². The van der Waals surface area contributed by atoms with Gasteiger partial charge in [-0.2, -0.15) is 0 Å². The summed E-state index contributed by atoms with van der Waals surface area (Å²) in [5, 5.41) is 3.44. The average Bonchev–Trinajstić information content (AvgIpc) is 2.16. The maximum absolute atomic E-state index is 4.18. The van der Waals surface area contributed by atoms with Crippen molar-refractivity contribution in [1.29, 1.82) is 0 Å². The highest BCUT2D eigenvalue weighted by atomic mass is 79.9. The zero-order valence-electron chi connectivity index (χ0n) is 9.26. The maximum Gasteiger partial charge on any atom is 0.0410 e. The van der Waals surface area contributed by atoms with Crippen LogP contribution in [-0.4, -0.2) is 11.5 Å². The molecule has 0 aromatic carbocycles. The second-order valence-electron chi connectivity index (χ2n) is 3.71. The smallest absolute Gasteiger partial charge is 0.0410 e. The van der Waals surface area contributed by atoms with Crippen LogP contribution < -0.4 is 5.32 Å². The van der Waals surface area contributed by atoms with Gasteiger partial charge in [0.05, 0.1) is 0 Å². The Morgan fingerprint density at radius 3 is 2.87 bits per heavy atom. The minimum atomic E-state index is 0.317. The fourth-order valence-electron chi connectivity index (χ4n) is 1.52. The molecule has 2 nitrogen and oxygen atoms in total. The van der Waals surface area contributed by atoms with Gasteiger partial charge >= 0.3 is 0 Å². The highest BCUT2D eigenvalue weighted by molar-refractivity contribution is 9.10. The van der Waals surface area contributed by atoms with E-state index in [0.29, 0.717) is 6.04 Å². The van der Waals surface area contributed by atoms with Gasteiger partial charge in [0.2, 0.25) is 0 Å². The lowest BCUT2D eigenvalue weighted by atomic mass is 10.0. The average molecular weight is 269 g/mol. The van der Waals surface area contributed by atoms with E-state index >= 15 is 0 Å². The zero-order valence-corrected chi connectivity index (χ0v) is 10.8. The molecule has 0 aliphatic rings. The lowest BCUT2D eigenvalue weighted by molar-refractivity contribution is 0.546. The van der Waals surface area contributed by atoms with Crippen molar-refractivity contribution in [2.24, 2.45) is 0 Å². The molecular formula is C12H17BrN2. The first kappa shape index (κ1) is 12.4. The van der Waals surface area contributed by atoms with E-state index < -0.39 is 0 Å². The Morgan fingerprint density at radius 2 is 2.33 bits per heavy atom. The van der Waals surface area contributed by atoms with Crippen LogP contribution in [0.3, 0.4) is 0 Å². The van der Waals surface area contributed by atoms with Crippen LogP contribution in [0.4, 0.5) is 0 Å². The molecule has 1 rings (SSSR count). The Morgan fingerprint density at radius 1 is 1.60 bits per heavy atom. The number of rotatable bonds is 5. The van der Waals surface area contributed by atoms with Crippen LogP contribution in [0, 0.1) is 0 Å². The largest absolute Gasteiger partial charge is 0.310 e. The highest BCUT2D eigenvalue weighted by Gasteiger charge is 2.10. The van der Waals surface area contributed by atoms with Crippen LogP contribution in [0.5, 0.6) is 0 Å². The van der Waals surface area contributed by atoms with Crippen molar-refractivity contribution in [1.82, 2.24) is 10.3 Å². The lowest BCUT2D eigenvalue weighted by Crippen LogP contribution is -2.21. The standard InChI is InChI=1S/C12H17BrN2/c1-4-15-12(5-9(2)3)10-6-11(13)8-14-7-10/h6-8,12,15H,2,4-5H2,1,3H3. The lowest BCUT2D eigenvalue weighted by Gasteiger charge is -2.18. The maximum atomic E-state index is 4.18. The number of nitrogens with zero attached hydrogens (tertiary/aromatic N) is 1. The molecule has 1 N–H and O–H groups in total. The van der Waals surface area contributed by atoms with Gasteiger partial charge in [0.25, 0.3) is 0 Å². The summed E-state index contributed by atoms with van der Waals surface area (Å²) in [6.07, 6.45) is 4.65. The van der Waals surface area contributed by atoms with Crippen molar-refractivity contribution in [2.45, 2.75) is 26.3 Å². The number of nitrogens with one attached hydrogen (secondary N) is 1. The van der Waals surface area contributed by atoms with Crippen LogP contribution in [0.1, 0.15) is 31.9 Å².